The van der Waals surface area contributed by atoms with Crippen molar-refractivity contribution in [2.24, 2.45) is 0 Å². The van der Waals surface area contributed by atoms with Crippen LogP contribution < -0.4 is 5.32 Å². The lowest BCUT2D eigenvalue weighted by Gasteiger charge is -2.14. The summed E-state index contributed by atoms with van der Waals surface area (Å²) < 4.78 is 0. The Morgan fingerprint density at radius 1 is 1.22 bits per heavy atom. The van der Waals surface area contributed by atoms with Crippen LogP contribution in [0.2, 0.25) is 5.02 Å². The van der Waals surface area contributed by atoms with Crippen molar-refractivity contribution < 1.29 is 0 Å². The van der Waals surface area contributed by atoms with Crippen LogP contribution >= 0.6 is 11.6 Å². The number of aryl methyl sites for hydroxylation is 1. The van der Waals surface area contributed by atoms with E-state index >= 15 is 0 Å². The Morgan fingerprint density at radius 2 is 1.94 bits per heavy atom. The molecule has 1 aromatic heterocycles. The van der Waals surface area contributed by atoms with Crippen LogP contribution in [0.1, 0.15) is 30.0 Å². The van der Waals surface area contributed by atoms with Crippen LogP contribution in [0.15, 0.2) is 36.5 Å². The Balaban J connectivity index is 1.96. The van der Waals surface area contributed by atoms with E-state index in [0.29, 0.717) is 0 Å². The zero-order valence-electron chi connectivity index (χ0n) is 10.5. The number of aromatic nitrogens is 2. The number of nitrogens with zero attached hydrogens (tertiary/aromatic N) is 2. The van der Waals surface area contributed by atoms with Crippen LogP contribution in [0, 0.1) is 6.92 Å². The zero-order valence-corrected chi connectivity index (χ0v) is 11.3. The van der Waals surface area contributed by atoms with E-state index in [1.54, 1.807) is 6.20 Å². The van der Waals surface area contributed by atoms with Gasteiger partial charge in [-0.25, -0.2) is 9.97 Å². The van der Waals surface area contributed by atoms with Gasteiger partial charge in [0.1, 0.15) is 5.82 Å². The average Bonchev–Trinajstić information content (AvgIpc) is 2.37. The van der Waals surface area contributed by atoms with E-state index in [2.05, 4.69) is 22.2 Å². The van der Waals surface area contributed by atoms with Crippen molar-refractivity contribution in [2.75, 3.05) is 0 Å². The van der Waals surface area contributed by atoms with E-state index < -0.39 is 0 Å². The summed E-state index contributed by atoms with van der Waals surface area (Å²) in [6.45, 7) is 4.75. The molecule has 0 saturated heterocycles. The topological polar surface area (TPSA) is 37.8 Å². The Hall–Kier alpha value is -1.45. The van der Waals surface area contributed by atoms with Gasteiger partial charge in [-0.1, -0.05) is 23.7 Å². The van der Waals surface area contributed by atoms with Crippen molar-refractivity contribution in [3.05, 3.63) is 58.6 Å². The summed E-state index contributed by atoms with van der Waals surface area (Å²) in [5.74, 6) is 0.799. The predicted octanol–water partition coefficient (Wildman–Crippen LogP) is 3.29. The molecule has 1 aromatic carbocycles. The lowest BCUT2D eigenvalue weighted by molar-refractivity contribution is 0.566. The molecule has 0 aliphatic heterocycles. The molecular formula is C14H16ClN3. The molecule has 94 valence electrons. The summed E-state index contributed by atoms with van der Waals surface area (Å²) in [5.41, 5.74) is 2.22. The van der Waals surface area contributed by atoms with E-state index in [-0.39, 0.29) is 6.04 Å². The molecule has 1 heterocycles. The molecule has 1 N–H and O–H groups in total. The molecule has 0 unspecified atom stereocenters. The largest absolute Gasteiger partial charge is 0.305 e. The number of hydrogen-bond donors (Lipinski definition) is 1. The minimum atomic E-state index is 0.262. The molecule has 3 nitrogen and oxygen atoms in total. The lowest BCUT2D eigenvalue weighted by Crippen LogP contribution is -2.19. The quantitative estimate of drug-likeness (QED) is 0.918. The third-order valence-corrected chi connectivity index (χ3v) is 3.05. The highest BCUT2D eigenvalue weighted by Gasteiger charge is 2.05. The third kappa shape index (κ3) is 3.52. The van der Waals surface area contributed by atoms with Gasteiger partial charge in [0, 0.05) is 23.8 Å². The van der Waals surface area contributed by atoms with E-state index in [1.807, 2.05) is 37.3 Å². The zero-order chi connectivity index (χ0) is 13.0. The van der Waals surface area contributed by atoms with E-state index in [0.717, 1.165) is 23.1 Å². The Labute approximate surface area is 112 Å². The molecule has 0 aliphatic rings. The van der Waals surface area contributed by atoms with Crippen LogP contribution in [-0.4, -0.2) is 9.97 Å². The minimum Gasteiger partial charge on any atom is -0.305 e. The van der Waals surface area contributed by atoms with Crippen LogP contribution in [0.5, 0.6) is 0 Å². The molecule has 0 bridgehead atoms. The minimum absolute atomic E-state index is 0.262. The number of rotatable bonds is 4. The van der Waals surface area contributed by atoms with Gasteiger partial charge in [0.2, 0.25) is 0 Å². The number of benzene rings is 1. The summed E-state index contributed by atoms with van der Waals surface area (Å²) in [4.78, 5) is 8.44. The first kappa shape index (κ1) is 13.0. The molecule has 0 fully saturated rings. The highest BCUT2D eigenvalue weighted by Crippen LogP contribution is 2.16. The van der Waals surface area contributed by atoms with Crippen molar-refractivity contribution in [2.45, 2.75) is 26.4 Å². The highest BCUT2D eigenvalue weighted by molar-refractivity contribution is 6.30. The molecular weight excluding hydrogens is 246 g/mol. The van der Waals surface area contributed by atoms with Crippen molar-refractivity contribution >= 4 is 11.6 Å². The van der Waals surface area contributed by atoms with E-state index in [4.69, 9.17) is 11.6 Å². The maximum Gasteiger partial charge on any atom is 0.125 e. The van der Waals surface area contributed by atoms with E-state index in [1.165, 1.54) is 5.56 Å². The van der Waals surface area contributed by atoms with Crippen molar-refractivity contribution in [1.82, 2.24) is 15.3 Å². The fourth-order valence-corrected chi connectivity index (χ4v) is 1.86. The number of halogens is 1. The number of hydrogen-bond acceptors (Lipinski definition) is 3. The lowest BCUT2D eigenvalue weighted by atomic mass is 10.1. The Morgan fingerprint density at radius 3 is 2.61 bits per heavy atom. The van der Waals surface area contributed by atoms with Gasteiger partial charge >= 0.3 is 0 Å². The Bertz CT molecular complexity index is 511. The van der Waals surface area contributed by atoms with Gasteiger partial charge in [0.15, 0.2) is 0 Å². The maximum atomic E-state index is 5.87. The molecule has 0 aliphatic carbocycles. The van der Waals surface area contributed by atoms with Crippen LogP contribution in [0.3, 0.4) is 0 Å². The standard InChI is InChI=1S/C14H16ClN3/c1-10(12-3-5-13(15)6-4-12)17-9-14-7-8-16-11(2)18-14/h3-8,10,17H,9H2,1-2H3/t10-/m1/s1. The molecule has 0 spiro atoms. The van der Waals surface area contributed by atoms with Gasteiger partial charge in [-0.05, 0) is 37.6 Å². The van der Waals surface area contributed by atoms with Crippen molar-refractivity contribution in [3.63, 3.8) is 0 Å². The molecule has 0 saturated carbocycles. The Kier molecular flexibility index (Phi) is 4.28. The van der Waals surface area contributed by atoms with Crippen LogP contribution in [0.4, 0.5) is 0 Å². The normalized spacial score (nSPS) is 12.4. The van der Waals surface area contributed by atoms with Crippen molar-refractivity contribution in [3.8, 4) is 0 Å². The first-order chi connectivity index (χ1) is 8.65. The van der Waals surface area contributed by atoms with Gasteiger partial charge in [-0.15, -0.1) is 0 Å². The fourth-order valence-electron chi connectivity index (χ4n) is 1.73. The summed E-state index contributed by atoms with van der Waals surface area (Å²) in [6, 6.07) is 10.1. The second kappa shape index (κ2) is 5.94. The fraction of sp³-hybridized carbons (Fsp3) is 0.286. The second-order valence-electron chi connectivity index (χ2n) is 4.25. The van der Waals surface area contributed by atoms with Crippen molar-refractivity contribution in [1.29, 1.82) is 0 Å². The SMILES string of the molecule is Cc1nccc(CN[C@H](C)c2ccc(Cl)cc2)n1. The second-order valence-corrected chi connectivity index (χ2v) is 4.69. The summed E-state index contributed by atoms with van der Waals surface area (Å²) in [7, 11) is 0. The molecule has 18 heavy (non-hydrogen) atoms. The first-order valence-electron chi connectivity index (χ1n) is 5.92. The third-order valence-electron chi connectivity index (χ3n) is 2.79. The molecule has 2 rings (SSSR count). The maximum absolute atomic E-state index is 5.87. The molecule has 4 heteroatoms. The smallest absolute Gasteiger partial charge is 0.125 e. The van der Waals surface area contributed by atoms with Gasteiger partial charge in [0.25, 0.3) is 0 Å². The van der Waals surface area contributed by atoms with Gasteiger partial charge < -0.3 is 5.32 Å². The summed E-state index contributed by atoms with van der Waals surface area (Å²) >= 11 is 5.87. The average molecular weight is 262 g/mol. The summed E-state index contributed by atoms with van der Waals surface area (Å²) in [5, 5.41) is 4.19. The van der Waals surface area contributed by atoms with Crippen LogP contribution in [0.25, 0.3) is 0 Å². The highest BCUT2D eigenvalue weighted by atomic mass is 35.5. The molecule has 1 atom stereocenters. The van der Waals surface area contributed by atoms with Gasteiger partial charge in [-0.3, -0.25) is 0 Å². The van der Waals surface area contributed by atoms with Gasteiger partial charge in [-0.2, -0.15) is 0 Å². The molecule has 2 aromatic rings. The van der Waals surface area contributed by atoms with Crippen LogP contribution in [-0.2, 0) is 6.54 Å². The van der Waals surface area contributed by atoms with Gasteiger partial charge in [0.05, 0.1) is 5.69 Å². The molecule has 0 radical (unpaired) electrons. The van der Waals surface area contributed by atoms with E-state index in [9.17, 15) is 0 Å². The summed E-state index contributed by atoms with van der Waals surface area (Å²) in [6.07, 6.45) is 1.78. The predicted molar refractivity (Wildman–Crippen MR) is 73.5 cm³/mol. The molecule has 0 amide bonds. The first-order valence-corrected chi connectivity index (χ1v) is 6.30. The number of nitrogens with one attached hydrogen (secondary N) is 1. The monoisotopic (exact) mass is 261 g/mol.